The molecule has 0 saturated carbocycles. The van der Waals surface area contributed by atoms with Gasteiger partial charge in [0.2, 0.25) is 5.91 Å². The molecule has 0 radical (unpaired) electrons. The predicted octanol–water partition coefficient (Wildman–Crippen LogP) is 3.03. The third-order valence-corrected chi connectivity index (χ3v) is 4.64. The summed E-state index contributed by atoms with van der Waals surface area (Å²) in [4.78, 5) is 25.3. The number of rotatable bonds is 6. The molecule has 0 aliphatic carbocycles. The fraction of sp³-hybridized carbons (Fsp3) is 0.333. The predicted molar refractivity (Wildman–Crippen MR) is 106 cm³/mol. The second kappa shape index (κ2) is 9.38. The standard InChI is InChI=1S/C21H24FN3O4/c1-14(26)25(2)11-16-5-3-4-6-19(16)24-21(27)23-8-7-15-9-18(22)10-17-12-28-13-29-20(15)17/h3-6,9-10H,7-8,11-13H2,1-2H3,(H2,23,24,27). The lowest BCUT2D eigenvalue weighted by molar-refractivity contribution is -0.128. The number of para-hydroxylation sites is 1. The highest BCUT2D eigenvalue weighted by Crippen LogP contribution is 2.29. The van der Waals surface area contributed by atoms with Crippen molar-refractivity contribution in [3.63, 3.8) is 0 Å². The number of urea groups is 1. The highest BCUT2D eigenvalue weighted by molar-refractivity contribution is 5.90. The summed E-state index contributed by atoms with van der Waals surface area (Å²) in [5.41, 5.74) is 2.81. The maximum atomic E-state index is 13.8. The van der Waals surface area contributed by atoms with Crippen LogP contribution in [0, 0.1) is 5.82 Å². The molecule has 0 aromatic heterocycles. The first-order valence-electron chi connectivity index (χ1n) is 9.30. The van der Waals surface area contributed by atoms with E-state index in [-0.39, 0.29) is 24.5 Å². The highest BCUT2D eigenvalue weighted by atomic mass is 19.1. The maximum absolute atomic E-state index is 13.8. The smallest absolute Gasteiger partial charge is 0.319 e. The van der Waals surface area contributed by atoms with E-state index in [1.807, 2.05) is 18.2 Å². The molecule has 0 bridgehead atoms. The first-order chi connectivity index (χ1) is 13.9. The summed E-state index contributed by atoms with van der Waals surface area (Å²) >= 11 is 0. The fourth-order valence-corrected chi connectivity index (χ4v) is 3.07. The fourth-order valence-electron chi connectivity index (χ4n) is 3.07. The summed E-state index contributed by atoms with van der Waals surface area (Å²) in [7, 11) is 1.70. The van der Waals surface area contributed by atoms with Crippen LogP contribution in [0.4, 0.5) is 14.9 Å². The van der Waals surface area contributed by atoms with Crippen molar-refractivity contribution in [3.05, 3.63) is 58.9 Å². The number of hydrogen-bond acceptors (Lipinski definition) is 4. The molecule has 2 aromatic carbocycles. The topological polar surface area (TPSA) is 79.9 Å². The van der Waals surface area contributed by atoms with E-state index in [2.05, 4.69) is 10.6 Å². The number of fused-ring (bicyclic) bond motifs is 1. The van der Waals surface area contributed by atoms with Crippen LogP contribution >= 0.6 is 0 Å². The van der Waals surface area contributed by atoms with Gasteiger partial charge in [0.25, 0.3) is 0 Å². The molecule has 1 aliphatic heterocycles. The Labute approximate surface area is 168 Å². The first kappa shape index (κ1) is 20.6. The summed E-state index contributed by atoms with van der Waals surface area (Å²) in [6.45, 7) is 2.62. The van der Waals surface area contributed by atoms with Gasteiger partial charge in [-0.2, -0.15) is 0 Å². The Morgan fingerprint density at radius 2 is 2.00 bits per heavy atom. The Bertz CT molecular complexity index is 903. The number of carbonyl (C=O) groups excluding carboxylic acids is 2. The maximum Gasteiger partial charge on any atom is 0.319 e. The van der Waals surface area contributed by atoms with Crippen LogP contribution < -0.4 is 15.4 Å². The largest absolute Gasteiger partial charge is 0.467 e. The Kier molecular flexibility index (Phi) is 6.66. The minimum absolute atomic E-state index is 0.0599. The monoisotopic (exact) mass is 401 g/mol. The number of carbonyl (C=O) groups is 2. The summed E-state index contributed by atoms with van der Waals surface area (Å²) in [5.74, 6) is 0.202. The van der Waals surface area contributed by atoms with Crippen LogP contribution in [0.2, 0.25) is 0 Å². The lowest BCUT2D eigenvalue weighted by Gasteiger charge is -2.21. The van der Waals surface area contributed by atoms with Crippen molar-refractivity contribution in [3.8, 4) is 5.75 Å². The molecule has 1 aliphatic rings. The molecular formula is C21H24FN3O4. The van der Waals surface area contributed by atoms with Gasteiger partial charge in [0.15, 0.2) is 6.79 Å². The molecular weight excluding hydrogens is 377 g/mol. The van der Waals surface area contributed by atoms with Gasteiger partial charge in [0.05, 0.1) is 6.61 Å². The lowest BCUT2D eigenvalue weighted by Crippen LogP contribution is -2.31. The molecule has 3 amide bonds. The minimum Gasteiger partial charge on any atom is -0.467 e. The van der Waals surface area contributed by atoms with E-state index in [4.69, 9.17) is 9.47 Å². The SMILES string of the molecule is CC(=O)N(C)Cc1ccccc1NC(=O)NCCc1cc(F)cc2c1OCOC2. The molecule has 0 saturated heterocycles. The molecule has 8 heteroatoms. The Balaban J connectivity index is 1.58. The van der Waals surface area contributed by atoms with Gasteiger partial charge in [0, 0.05) is 38.3 Å². The van der Waals surface area contributed by atoms with Crippen LogP contribution in [0.15, 0.2) is 36.4 Å². The van der Waals surface area contributed by atoms with Gasteiger partial charge in [-0.3, -0.25) is 4.79 Å². The van der Waals surface area contributed by atoms with Gasteiger partial charge >= 0.3 is 6.03 Å². The van der Waals surface area contributed by atoms with E-state index in [1.54, 1.807) is 18.0 Å². The van der Waals surface area contributed by atoms with Crippen molar-refractivity contribution < 1.29 is 23.5 Å². The van der Waals surface area contributed by atoms with Crippen molar-refractivity contribution in [2.45, 2.75) is 26.5 Å². The van der Waals surface area contributed by atoms with Crippen molar-refractivity contribution in [2.75, 3.05) is 25.7 Å². The zero-order chi connectivity index (χ0) is 20.8. The van der Waals surface area contributed by atoms with E-state index >= 15 is 0 Å². The van der Waals surface area contributed by atoms with Gasteiger partial charge in [-0.25, -0.2) is 9.18 Å². The van der Waals surface area contributed by atoms with Crippen molar-refractivity contribution >= 4 is 17.6 Å². The number of ether oxygens (including phenoxy) is 2. The highest BCUT2D eigenvalue weighted by Gasteiger charge is 2.17. The summed E-state index contributed by atoms with van der Waals surface area (Å²) < 4.78 is 24.5. The molecule has 1 heterocycles. The van der Waals surface area contributed by atoms with Gasteiger partial charge in [-0.1, -0.05) is 18.2 Å². The Morgan fingerprint density at radius 3 is 2.79 bits per heavy atom. The average molecular weight is 401 g/mol. The number of halogens is 1. The van der Waals surface area contributed by atoms with Crippen LogP contribution in [-0.2, 0) is 29.1 Å². The molecule has 2 aromatic rings. The van der Waals surface area contributed by atoms with Gasteiger partial charge in [-0.05, 0) is 35.7 Å². The quantitative estimate of drug-likeness (QED) is 0.780. The van der Waals surface area contributed by atoms with Crippen LogP contribution in [0.3, 0.4) is 0 Å². The number of benzene rings is 2. The van der Waals surface area contributed by atoms with Gasteiger partial charge < -0.3 is 25.0 Å². The van der Waals surface area contributed by atoms with Crippen LogP contribution in [0.25, 0.3) is 0 Å². The molecule has 0 unspecified atom stereocenters. The number of amides is 3. The lowest BCUT2D eigenvalue weighted by atomic mass is 10.1. The normalized spacial score (nSPS) is 12.5. The second-order valence-electron chi connectivity index (χ2n) is 6.83. The third-order valence-electron chi connectivity index (χ3n) is 4.64. The van der Waals surface area contributed by atoms with Crippen LogP contribution in [-0.4, -0.2) is 37.2 Å². The summed E-state index contributed by atoms with van der Waals surface area (Å²) in [5, 5.41) is 5.57. The molecule has 29 heavy (non-hydrogen) atoms. The first-order valence-corrected chi connectivity index (χ1v) is 9.30. The average Bonchev–Trinajstić information content (AvgIpc) is 2.69. The molecule has 3 rings (SSSR count). The van der Waals surface area contributed by atoms with E-state index in [9.17, 15) is 14.0 Å². The van der Waals surface area contributed by atoms with Gasteiger partial charge in [0.1, 0.15) is 11.6 Å². The zero-order valence-corrected chi connectivity index (χ0v) is 16.5. The molecule has 154 valence electrons. The molecule has 0 spiro atoms. The van der Waals surface area contributed by atoms with Crippen LogP contribution in [0.1, 0.15) is 23.6 Å². The van der Waals surface area contributed by atoms with Crippen molar-refractivity contribution in [1.82, 2.24) is 10.2 Å². The second-order valence-corrected chi connectivity index (χ2v) is 6.83. The minimum atomic E-state index is -0.377. The summed E-state index contributed by atoms with van der Waals surface area (Å²) in [6.07, 6.45) is 0.419. The summed E-state index contributed by atoms with van der Waals surface area (Å²) in [6, 6.07) is 9.73. The Hall–Kier alpha value is -3.13. The van der Waals surface area contributed by atoms with E-state index in [0.29, 0.717) is 48.7 Å². The number of anilines is 1. The third kappa shape index (κ3) is 5.45. The van der Waals surface area contributed by atoms with Crippen molar-refractivity contribution in [1.29, 1.82) is 0 Å². The molecule has 0 atom stereocenters. The molecule has 0 fully saturated rings. The molecule has 7 nitrogen and oxygen atoms in total. The van der Waals surface area contributed by atoms with Crippen LogP contribution in [0.5, 0.6) is 5.75 Å². The Morgan fingerprint density at radius 1 is 1.21 bits per heavy atom. The number of nitrogens with zero attached hydrogens (tertiary/aromatic N) is 1. The van der Waals surface area contributed by atoms with E-state index in [1.165, 1.54) is 19.1 Å². The van der Waals surface area contributed by atoms with Gasteiger partial charge in [-0.15, -0.1) is 0 Å². The number of nitrogens with one attached hydrogen (secondary N) is 2. The van der Waals surface area contributed by atoms with Crippen molar-refractivity contribution in [2.24, 2.45) is 0 Å². The van der Waals surface area contributed by atoms with E-state index < -0.39 is 0 Å². The molecule has 2 N–H and O–H groups in total. The van der Waals surface area contributed by atoms with E-state index in [0.717, 1.165) is 5.56 Å². The zero-order valence-electron chi connectivity index (χ0n) is 16.5. The number of hydrogen-bond donors (Lipinski definition) is 2.